The first-order valence-corrected chi connectivity index (χ1v) is 8.50. The first-order valence-electron chi connectivity index (χ1n) is 8.50. The van der Waals surface area contributed by atoms with Gasteiger partial charge in [0.05, 0.1) is 12.4 Å². The Hall–Kier alpha value is -1.36. The van der Waals surface area contributed by atoms with E-state index in [4.69, 9.17) is 10.8 Å². The number of rotatable bonds is 5. The number of likely N-dealkylation sites (tertiary alicyclic amines) is 1. The van der Waals surface area contributed by atoms with Gasteiger partial charge in [0.2, 0.25) is 0 Å². The first kappa shape index (κ1) is 15.5. The molecule has 0 spiro atoms. The van der Waals surface area contributed by atoms with Crippen LogP contribution >= 0.6 is 0 Å². The monoisotopic (exact) mass is 306 g/mol. The predicted molar refractivity (Wildman–Crippen MR) is 88.5 cm³/mol. The van der Waals surface area contributed by atoms with Crippen molar-refractivity contribution in [2.24, 2.45) is 7.05 Å². The maximum absolute atomic E-state index is 12.4. The van der Waals surface area contributed by atoms with Gasteiger partial charge in [0.15, 0.2) is 0 Å². The molecule has 1 aromatic rings. The smallest absolute Gasteiger partial charge is 0.129 e. The number of nitrogens with zero attached hydrogens (tertiary/aromatic N) is 3. The van der Waals surface area contributed by atoms with Crippen molar-refractivity contribution in [3.63, 3.8) is 0 Å². The summed E-state index contributed by atoms with van der Waals surface area (Å²) in [5, 5.41) is 4.73. The zero-order valence-corrected chi connectivity index (χ0v) is 13.5. The van der Waals surface area contributed by atoms with Gasteiger partial charge in [-0.25, -0.2) is 0 Å². The molecular formula is C17H27FN4. The molecule has 0 radical (unpaired) electrons. The average molecular weight is 306 g/mol. The van der Waals surface area contributed by atoms with Gasteiger partial charge in [-0.2, -0.15) is 5.10 Å². The van der Waals surface area contributed by atoms with Crippen LogP contribution < -0.4 is 5.73 Å². The van der Waals surface area contributed by atoms with E-state index < -0.39 is 0 Å². The zero-order valence-electron chi connectivity index (χ0n) is 13.5. The molecule has 1 aliphatic heterocycles. The Morgan fingerprint density at radius 3 is 3.00 bits per heavy atom. The van der Waals surface area contributed by atoms with Crippen LogP contribution in [-0.4, -0.2) is 41.0 Å². The fourth-order valence-electron chi connectivity index (χ4n) is 3.78. The van der Waals surface area contributed by atoms with Crippen molar-refractivity contribution >= 4 is 11.4 Å². The number of hydrogen-bond donors (Lipinski definition) is 1. The maximum Gasteiger partial charge on any atom is 0.129 e. The molecule has 5 heteroatoms. The van der Waals surface area contributed by atoms with Crippen LogP contribution in [0.4, 0.5) is 10.2 Å². The van der Waals surface area contributed by atoms with Crippen LogP contribution in [0.2, 0.25) is 0 Å². The second-order valence-corrected chi connectivity index (χ2v) is 6.57. The lowest BCUT2D eigenvalue weighted by atomic mass is 9.89. The Kier molecular flexibility index (Phi) is 4.81. The quantitative estimate of drug-likeness (QED) is 0.909. The molecule has 2 heterocycles. The van der Waals surface area contributed by atoms with Crippen molar-refractivity contribution in [3.8, 4) is 0 Å². The third kappa shape index (κ3) is 3.05. The molecule has 1 fully saturated rings. The Labute approximate surface area is 132 Å². The molecule has 0 aromatic carbocycles. The van der Waals surface area contributed by atoms with Crippen LogP contribution in [0.3, 0.4) is 0 Å². The number of aromatic nitrogens is 2. The highest BCUT2D eigenvalue weighted by molar-refractivity contribution is 5.76. The molecule has 22 heavy (non-hydrogen) atoms. The van der Waals surface area contributed by atoms with Gasteiger partial charge in [0, 0.05) is 31.6 Å². The Bertz CT molecular complexity index is 549. The topological polar surface area (TPSA) is 47.1 Å². The van der Waals surface area contributed by atoms with E-state index in [2.05, 4.69) is 11.0 Å². The first-order chi connectivity index (χ1) is 10.7. The number of aryl methyl sites for hydroxylation is 1. The molecule has 2 aliphatic rings. The number of hydrogen-bond acceptors (Lipinski definition) is 3. The lowest BCUT2D eigenvalue weighted by Gasteiger charge is -2.17. The number of anilines is 1. The highest BCUT2D eigenvalue weighted by Gasteiger charge is 2.30. The van der Waals surface area contributed by atoms with E-state index in [1.807, 2.05) is 11.7 Å². The summed E-state index contributed by atoms with van der Waals surface area (Å²) in [7, 11) is 1.93. The van der Waals surface area contributed by atoms with E-state index >= 15 is 0 Å². The summed E-state index contributed by atoms with van der Waals surface area (Å²) in [5.41, 5.74) is 10.1. The second-order valence-electron chi connectivity index (χ2n) is 6.57. The number of alkyl halides is 1. The lowest BCUT2D eigenvalue weighted by Crippen LogP contribution is -2.22. The fourth-order valence-corrected chi connectivity index (χ4v) is 3.78. The summed E-state index contributed by atoms with van der Waals surface area (Å²) >= 11 is 0. The minimum Gasteiger partial charge on any atom is -0.383 e. The maximum atomic E-state index is 12.4. The third-order valence-corrected chi connectivity index (χ3v) is 5.00. The molecule has 1 atom stereocenters. The molecule has 2 N–H and O–H groups in total. The van der Waals surface area contributed by atoms with Crippen molar-refractivity contribution in [2.75, 3.05) is 32.0 Å². The summed E-state index contributed by atoms with van der Waals surface area (Å²) in [6, 6.07) is 0. The lowest BCUT2D eigenvalue weighted by molar-refractivity contribution is 0.308. The molecule has 3 rings (SSSR count). The number of nitrogens with two attached hydrogens (primary N) is 1. The fraction of sp³-hybridized carbons (Fsp3) is 0.706. The highest BCUT2D eigenvalue weighted by Crippen LogP contribution is 2.38. The van der Waals surface area contributed by atoms with Crippen LogP contribution in [-0.2, 0) is 7.05 Å². The summed E-state index contributed by atoms with van der Waals surface area (Å²) in [6.07, 6.45) is 8.86. The van der Waals surface area contributed by atoms with Crippen molar-refractivity contribution in [2.45, 2.75) is 44.4 Å². The molecule has 1 aromatic heterocycles. The Morgan fingerprint density at radius 1 is 1.41 bits per heavy atom. The van der Waals surface area contributed by atoms with Crippen LogP contribution in [0.25, 0.3) is 5.57 Å². The van der Waals surface area contributed by atoms with Crippen LogP contribution in [0.15, 0.2) is 6.08 Å². The minimum absolute atomic E-state index is 0.226. The van der Waals surface area contributed by atoms with Crippen LogP contribution in [0.5, 0.6) is 0 Å². The van der Waals surface area contributed by atoms with Crippen molar-refractivity contribution < 1.29 is 4.39 Å². The zero-order chi connectivity index (χ0) is 15.5. The van der Waals surface area contributed by atoms with E-state index in [0.717, 1.165) is 50.4 Å². The standard InChI is InChI=1S/C17H27FN4/c1-21-17(19)15(13-6-3-2-4-7-13)16(20-21)14-8-11-22(12-14)10-5-9-18/h6,14H,2-5,7-12,19H2,1H3. The third-order valence-electron chi connectivity index (χ3n) is 5.00. The van der Waals surface area contributed by atoms with E-state index in [-0.39, 0.29) is 6.67 Å². The molecular weight excluding hydrogens is 279 g/mol. The molecule has 4 nitrogen and oxygen atoms in total. The summed E-state index contributed by atoms with van der Waals surface area (Å²) in [4.78, 5) is 2.36. The molecule has 1 aliphatic carbocycles. The van der Waals surface area contributed by atoms with Gasteiger partial charge in [0.1, 0.15) is 5.82 Å². The van der Waals surface area contributed by atoms with Gasteiger partial charge < -0.3 is 10.6 Å². The number of nitrogen functional groups attached to an aromatic ring is 1. The molecule has 1 saturated heterocycles. The summed E-state index contributed by atoms with van der Waals surface area (Å²) in [6.45, 7) is 2.65. The normalized spacial score (nSPS) is 23.0. The minimum atomic E-state index is -0.226. The van der Waals surface area contributed by atoms with E-state index in [1.54, 1.807) is 0 Å². The Morgan fingerprint density at radius 2 is 2.27 bits per heavy atom. The van der Waals surface area contributed by atoms with E-state index in [0.29, 0.717) is 12.3 Å². The van der Waals surface area contributed by atoms with Gasteiger partial charge in [-0.3, -0.25) is 9.07 Å². The SMILES string of the molecule is Cn1nc(C2CCN(CCCF)C2)c(C2=CCCCC2)c1N. The predicted octanol–water partition coefficient (Wildman–Crippen LogP) is 3.11. The second kappa shape index (κ2) is 6.82. The van der Waals surface area contributed by atoms with Gasteiger partial charge >= 0.3 is 0 Å². The molecule has 0 saturated carbocycles. The summed E-state index contributed by atoms with van der Waals surface area (Å²) < 4.78 is 14.2. The molecule has 0 bridgehead atoms. The van der Waals surface area contributed by atoms with Crippen LogP contribution in [0.1, 0.15) is 55.7 Å². The van der Waals surface area contributed by atoms with Gasteiger partial charge in [-0.05, 0) is 50.6 Å². The van der Waals surface area contributed by atoms with Gasteiger partial charge in [0.25, 0.3) is 0 Å². The number of allylic oxidation sites excluding steroid dienone is 2. The van der Waals surface area contributed by atoms with Crippen molar-refractivity contribution in [1.29, 1.82) is 0 Å². The molecule has 0 amide bonds. The summed E-state index contributed by atoms with van der Waals surface area (Å²) in [5.74, 6) is 1.23. The van der Waals surface area contributed by atoms with Gasteiger partial charge in [-0.15, -0.1) is 0 Å². The van der Waals surface area contributed by atoms with Crippen molar-refractivity contribution in [1.82, 2.24) is 14.7 Å². The van der Waals surface area contributed by atoms with Gasteiger partial charge in [-0.1, -0.05) is 6.08 Å². The number of halogens is 1. The Balaban J connectivity index is 1.82. The molecule has 1 unspecified atom stereocenters. The largest absolute Gasteiger partial charge is 0.383 e. The van der Waals surface area contributed by atoms with Crippen LogP contribution in [0, 0.1) is 0 Å². The van der Waals surface area contributed by atoms with E-state index in [9.17, 15) is 4.39 Å². The average Bonchev–Trinajstić information content (AvgIpc) is 3.12. The van der Waals surface area contributed by atoms with Crippen molar-refractivity contribution in [3.05, 3.63) is 17.3 Å². The van der Waals surface area contributed by atoms with E-state index in [1.165, 1.54) is 24.0 Å². The highest BCUT2D eigenvalue weighted by atomic mass is 19.1. The molecule has 122 valence electrons.